The van der Waals surface area contributed by atoms with Crippen LogP contribution in [0.4, 0.5) is 5.00 Å². The largest absolute Gasteiger partial charge is 0.497 e. The highest BCUT2D eigenvalue weighted by Gasteiger charge is 2.21. The summed E-state index contributed by atoms with van der Waals surface area (Å²) in [6.07, 6.45) is 0. The first-order valence-electron chi connectivity index (χ1n) is 7.45. The Balaban J connectivity index is 1.91. The topological polar surface area (TPSA) is 75.6 Å². The van der Waals surface area contributed by atoms with Gasteiger partial charge in [0.25, 0.3) is 5.91 Å². The van der Waals surface area contributed by atoms with E-state index in [1.165, 1.54) is 11.3 Å². The van der Waals surface area contributed by atoms with E-state index in [1.54, 1.807) is 36.8 Å². The predicted molar refractivity (Wildman–Crippen MR) is 97.7 cm³/mol. The second-order valence-electron chi connectivity index (χ2n) is 5.21. The van der Waals surface area contributed by atoms with Gasteiger partial charge in [0.15, 0.2) is 0 Å². The molecule has 0 radical (unpaired) electrons. The van der Waals surface area contributed by atoms with Crippen LogP contribution in [-0.2, 0) is 0 Å². The van der Waals surface area contributed by atoms with Crippen molar-refractivity contribution in [3.63, 3.8) is 0 Å². The van der Waals surface area contributed by atoms with Gasteiger partial charge in [-0.05, 0) is 29.8 Å². The van der Waals surface area contributed by atoms with Crippen LogP contribution in [0.1, 0.15) is 20.7 Å². The van der Waals surface area contributed by atoms with Crippen LogP contribution in [0.3, 0.4) is 0 Å². The number of thiophene rings is 1. The normalized spacial score (nSPS) is 10.3. The van der Waals surface area contributed by atoms with Gasteiger partial charge in [-0.25, -0.2) is 4.79 Å². The van der Waals surface area contributed by atoms with E-state index in [4.69, 9.17) is 4.74 Å². The minimum absolute atomic E-state index is 0.0954. The fourth-order valence-corrected chi connectivity index (χ4v) is 3.37. The Morgan fingerprint density at radius 3 is 2.32 bits per heavy atom. The molecule has 126 valence electrons. The molecule has 0 fully saturated rings. The number of amides is 1. The molecule has 1 amide bonds. The second-order valence-corrected chi connectivity index (χ2v) is 6.09. The maximum absolute atomic E-state index is 12.4. The number of anilines is 1. The van der Waals surface area contributed by atoms with E-state index in [0.717, 1.165) is 5.56 Å². The van der Waals surface area contributed by atoms with Crippen molar-refractivity contribution in [2.75, 3.05) is 12.4 Å². The van der Waals surface area contributed by atoms with Crippen molar-refractivity contribution in [3.05, 3.63) is 71.1 Å². The molecule has 2 aromatic carbocycles. The zero-order valence-corrected chi connectivity index (χ0v) is 14.2. The van der Waals surface area contributed by atoms with Gasteiger partial charge in [-0.2, -0.15) is 0 Å². The van der Waals surface area contributed by atoms with Gasteiger partial charge in [0.2, 0.25) is 0 Å². The van der Waals surface area contributed by atoms with Crippen LogP contribution >= 0.6 is 11.3 Å². The van der Waals surface area contributed by atoms with E-state index < -0.39 is 5.97 Å². The Bertz CT molecular complexity index is 901. The summed E-state index contributed by atoms with van der Waals surface area (Å²) in [5, 5.41) is 14.3. The molecule has 1 heterocycles. The number of carboxylic acids is 1. The lowest BCUT2D eigenvalue weighted by atomic mass is 10.0. The maximum atomic E-state index is 12.4. The summed E-state index contributed by atoms with van der Waals surface area (Å²) in [5.74, 6) is -0.804. The van der Waals surface area contributed by atoms with Crippen LogP contribution in [0.2, 0.25) is 0 Å². The fourth-order valence-electron chi connectivity index (χ4n) is 2.41. The number of carbonyl (C=O) groups excluding carboxylic acids is 1. The predicted octanol–water partition coefficient (Wildman–Crippen LogP) is 4.37. The Kier molecular flexibility index (Phi) is 4.81. The minimum atomic E-state index is -1.08. The number of ether oxygens (including phenoxy) is 1. The van der Waals surface area contributed by atoms with Gasteiger partial charge in [-0.1, -0.05) is 30.3 Å². The van der Waals surface area contributed by atoms with Gasteiger partial charge in [-0.3, -0.25) is 4.79 Å². The van der Waals surface area contributed by atoms with Crippen molar-refractivity contribution in [3.8, 4) is 16.9 Å². The first-order valence-corrected chi connectivity index (χ1v) is 8.33. The molecule has 0 spiro atoms. The van der Waals surface area contributed by atoms with E-state index in [9.17, 15) is 14.7 Å². The molecule has 1 aromatic heterocycles. The van der Waals surface area contributed by atoms with Gasteiger partial charge >= 0.3 is 5.97 Å². The van der Waals surface area contributed by atoms with E-state index >= 15 is 0 Å². The first-order chi connectivity index (χ1) is 12.1. The maximum Gasteiger partial charge on any atom is 0.339 e. The third-order valence-electron chi connectivity index (χ3n) is 3.67. The zero-order chi connectivity index (χ0) is 17.8. The SMILES string of the molecule is COc1ccc(C(=O)Nc2scc(-c3ccccc3)c2C(=O)O)cc1. The minimum Gasteiger partial charge on any atom is -0.497 e. The molecule has 6 heteroatoms. The lowest BCUT2D eigenvalue weighted by molar-refractivity contribution is 0.0699. The second kappa shape index (κ2) is 7.19. The molecule has 3 rings (SSSR count). The van der Waals surface area contributed by atoms with Gasteiger partial charge in [0.05, 0.1) is 7.11 Å². The monoisotopic (exact) mass is 353 g/mol. The van der Waals surface area contributed by atoms with Gasteiger partial charge < -0.3 is 15.2 Å². The van der Waals surface area contributed by atoms with Crippen molar-refractivity contribution in [1.29, 1.82) is 0 Å². The third-order valence-corrected chi connectivity index (χ3v) is 4.56. The molecule has 3 aromatic rings. The van der Waals surface area contributed by atoms with E-state index in [2.05, 4.69) is 5.32 Å². The summed E-state index contributed by atoms with van der Waals surface area (Å²) in [4.78, 5) is 24.1. The van der Waals surface area contributed by atoms with E-state index in [-0.39, 0.29) is 11.5 Å². The number of methoxy groups -OCH3 is 1. The Morgan fingerprint density at radius 2 is 1.72 bits per heavy atom. The number of rotatable bonds is 5. The molecular formula is C19H15NO4S. The van der Waals surface area contributed by atoms with E-state index in [1.807, 2.05) is 30.3 Å². The highest BCUT2D eigenvalue weighted by molar-refractivity contribution is 7.15. The number of carbonyl (C=O) groups is 2. The van der Waals surface area contributed by atoms with Crippen molar-refractivity contribution in [2.24, 2.45) is 0 Å². The lowest BCUT2D eigenvalue weighted by Gasteiger charge is -2.07. The van der Waals surface area contributed by atoms with Crippen LogP contribution in [-0.4, -0.2) is 24.1 Å². The third kappa shape index (κ3) is 3.54. The van der Waals surface area contributed by atoms with Crippen molar-refractivity contribution >= 4 is 28.2 Å². The molecule has 2 N–H and O–H groups in total. The fraction of sp³-hybridized carbons (Fsp3) is 0.0526. The van der Waals surface area contributed by atoms with Gasteiger partial charge in [-0.15, -0.1) is 11.3 Å². The molecule has 0 unspecified atom stereocenters. The van der Waals surface area contributed by atoms with Gasteiger partial charge in [0.1, 0.15) is 16.3 Å². The summed E-state index contributed by atoms with van der Waals surface area (Å²) in [6.45, 7) is 0. The van der Waals surface area contributed by atoms with Crippen molar-refractivity contribution in [2.45, 2.75) is 0 Å². The molecule has 5 nitrogen and oxygen atoms in total. The number of hydrogen-bond donors (Lipinski definition) is 2. The van der Waals surface area contributed by atoms with Crippen LogP contribution in [0.15, 0.2) is 60.0 Å². The van der Waals surface area contributed by atoms with Crippen LogP contribution in [0.5, 0.6) is 5.75 Å². The molecule has 25 heavy (non-hydrogen) atoms. The zero-order valence-electron chi connectivity index (χ0n) is 13.4. The molecule has 0 atom stereocenters. The standard InChI is InChI=1S/C19H15NO4S/c1-24-14-9-7-13(8-10-14)17(21)20-18-16(19(22)23)15(11-25-18)12-5-3-2-4-6-12/h2-11H,1H3,(H,20,21)(H,22,23). The highest BCUT2D eigenvalue weighted by atomic mass is 32.1. The molecule has 0 saturated heterocycles. The van der Waals surface area contributed by atoms with Gasteiger partial charge in [0, 0.05) is 16.5 Å². The van der Waals surface area contributed by atoms with Crippen molar-refractivity contribution in [1.82, 2.24) is 0 Å². The lowest BCUT2D eigenvalue weighted by Crippen LogP contribution is -2.13. The summed E-state index contributed by atoms with van der Waals surface area (Å²) in [7, 11) is 1.55. The first kappa shape index (κ1) is 16.7. The molecule has 0 aliphatic rings. The van der Waals surface area contributed by atoms with Crippen LogP contribution < -0.4 is 10.1 Å². The molecule has 0 saturated carbocycles. The number of benzene rings is 2. The number of carboxylic acid groups (broad SMARTS) is 1. The number of nitrogens with one attached hydrogen (secondary N) is 1. The summed E-state index contributed by atoms with van der Waals surface area (Å²) in [5.41, 5.74) is 1.90. The van der Waals surface area contributed by atoms with Crippen LogP contribution in [0.25, 0.3) is 11.1 Å². The number of aromatic carboxylic acids is 1. The molecule has 0 aliphatic carbocycles. The molecule has 0 aliphatic heterocycles. The van der Waals surface area contributed by atoms with E-state index in [0.29, 0.717) is 21.9 Å². The average molecular weight is 353 g/mol. The number of hydrogen-bond acceptors (Lipinski definition) is 4. The Morgan fingerprint density at radius 1 is 1.04 bits per heavy atom. The Hall–Kier alpha value is -3.12. The van der Waals surface area contributed by atoms with Crippen molar-refractivity contribution < 1.29 is 19.4 Å². The molecular weight excluding hydrogens is 338 g/mol. The smallest absolute Gasteiger partial charge is 0.339 e. The highest BCUT2D eigenvalue weighted by Crippen LogP contribution is 2.35. The average Bonchev–Trinajstić information content (AvgIpc) is 3.06. The van der Waals surface area contributed by atoms with Crippen LogP contribution in [0, 0.1) is 0 Å². The Labute approximate surface area is 148 Å². The quantitative estimate of drug-likeness (QED) is 0.714. The summed E-state index contributed by atoms with van der Waals surface area (Å²) >= 11 is 1.19. The summed E-state index contributed by atoms with van der Waals surface area (Å²) in [6, 6.07) is 15.8. The summed E-state index contributed by atoms with van der Waals surface area (Å²) < 4.78 is 5.06. The molecule has 0 bridgehead atoms.